The third-order valence-corrected chi connectivity index (χ3v) is 5.23. The molecule has 2 rings (SSSR count). The Balaban J connectivity index is 1.94. The molecule has 1 amide bonds. The SMILES string of the molecule is CCNC(=NCc1cccc(OCC(=O)N(C)C)c1)NC(C)Cc1ccc(C)s1. The van der Waals surface area contributed by atoms with Crippen LogP contribution in [0.3, 0.4) is 0 Å². The van der Waals surface area contributed by atoms with E-state index in [2.05, 4.69) is 43.5 Å². The predicted molar refractivity (Wildman–Crippen MR) is 121 cm³/mol. The number of guanidine groups is 1. The van der Waals surface area contributed by atoms with Gasteiger partial charge < -0.3 is 20.3 Å². The van der Waals surface area contributed by atoms with Crippen LogP contribution in [0.5, 0.6) is 5.75 Å². The molecule has 7 heteroatoms. The molecule has 1 heterocycles. The van der Waals surface area contributed by atoms with Crippen LogP contribution in [0, 0.1) is 6.92 Å². The van der Waals surface area contributed by atoms with Crippen molar-refractivity contribution >= 4 is 23.2 Å². The number of aryl methyl sites for hydroxylation is 1. The van der Waals surface area contributed by atoms with Gasteiger partial charge in [0.2, 0.25) is 0 Å². The highest BCUT2D eigenvalue weighted by molar-refractivity contribution is 7.11. The Kier molecular flexibility index (Phi) is 8.99. The number of carbonyl (C=O) groups is 1. The summed E-state index contributed by atoms with van der Waals surface area (Å²) in [6.45, 7) is 7.71. The zero-order chi connectivity index (χ0) is 21.2. The smallest absolute Gasteiger partial charge is 0.259 e. The van der Waals surface area contributed by atoms with E-state index >= 15 is 0 Å². The van der Waals surface area contributed by atoms with E-state index in [9.17, 15) is 4.79 Å². The molecule has 0 aliphatic carbocycles. The Hall–Kier alpha value is -2.54. The average Bonchev–Trinajstić information content (AvgIpc) is 3.09. The van der Waals surface area contributed by atoms with Crippen molar-refractivity contribution in [3.05, 3.63) is 51.7 Å². The number of ether oxygens (including phenoxy) is 1. The molecular weight excluding hydrogens is 384 g/mol. The fourth-order valence-corrected chi connectivity index (χ4v) is 3.70. The first-order valence-corrected chi connectivity index (χ1v) is 10.7. The van der Waals surface area contributed by atoms with Gasteiger partial charge in [0, 0.05) is 42.9 Å². The van der Waals surface area contributed by atoms with Gasteiger partial charge in [-0.2, -0.15) is 0 Å². The number of benzene rings is 1. The average molecular weight is 417 g/mol. The number of hydrogen-bond donors (Lipinski definition) is 2. The molecule has 1 aromatic carbocycles. The van der Waals surface area contributed by atoms with Crippen LogP contribution in [0.2, 0.25) is 0 Å². The third-order valence-electron chi connectivity index (χ3n) is 4.21. The first-order valence-electron chi connectivity index (χ1n) is 9.89. The number of carbonyl (C=O) groups excluding carboxylic acids is 1. The zero-order valence-electron chi connectivity index (χ0n) is 18.0. The van der Waals surface area contributed by atoms with Crippen molar-refractivity contribution in [1.82, 2.24) is 15.5 Å². The number of nitrogens with one attached hydrogen (secondary N) is 2. The summed E-state index contributed by atoms with van der Waals surface area (Å²) in [5.74, 6) is 1.40. The Morgan fingerprint density at radius 2 is 2.07 bits per heavy atom. The van der Waals surface area contributed by atoms with Crippen LogP contribution in [0.1, 0.15) is 29.2 Å². The monoisotopic (exact) mass is 416 g/mol. The summed E-state index contributed by atoms with van der Waals surface area (Å²) in [7, 11) is 3.43. The normalized spacial score (nSPS) is 12.4. The van der Waals surface area contributed by atoms with Gasteiger partial charge in [0.15, 0.2) is 12.6 Å². The van der Waals surface area contributed by atoms with Crippen molar-refractivity contribution < 1.29 is 9.53 Å². The minimum atomic E-state index is -0.0676. The molecule has 29 heavy (non-hydrogen) atoms. The maximum atomic E-state index is 11.7. The van der Waals surface area contributed by atoms with Gasteiger partial charge in [-0.15, -0.1) is 11.3 Å². The first-order chi connectivity index (χ1) is 13.9. The van der Waals surface area contributed by atoms with Gasteiger partial charge in [0.1, 0.15) is 5.75 Å². The second-order valence-electron chi connectivity index (χ2n) is 7.18. The van der Waals surface area contributed by atoms with Gasteiger partial charge in [0.05, 0.1) is 6.54 Å². The first kappa shape index (κ1) is 22.7. The van der Waals surface area contributed by atoms with Crippen molar-refractivity contribution in [2.24, 2.45) is 4.99 Å². The molecule has 1 aromatic heterocycles. The van der Waals surface area contributed by atoms with Crippen LogP contribution in [0.4, 0.5) is 0 Å². The van der Waals surface area contributed by atoms with Crippen molar-refractivity contribution in [1.29, 1.82) is 0 Å². The molecule has 0 aliphatic rings. The maximum absolute atomic E-state index is 11.7. The summed E-state index contributed by atoms with van der Waals surface area (Å²) in [5, 5.41) is 6.78. The number of amides is 1. The minimum absolute atomic E-state index is 0.0314. The lowest BCUT2D eigenvalue weighted by atomic mass is 10.2. The molecule has 1 atom stereocenters. The van der Waals surface area contributed by atoms with E-state index in [4.69, 9.17) is 9.73 Å². The van der Waals surface area contributed by atoms with Gasteiger partial charge in [-0.3, -0.25) is 4.79 Å². The minimum Gasteiger partial charge on any atom is -0.484 e. The summed E-state index contributed by atoms with van der Waals surface area (Å²) in [6.07, 6.45) is 0.964. The van der Waals surface area contributed by atoms with Gasteiger partial charge in [-0.1, -0.05) is 12.1 Å². The van der Waals surface area contributed by atoms with Crippen LogP contribution >= 0.6 is 11.3 Å². The van der Waals surface area contributed by atoms with E-state index in [0.29, 0.717) is 12.3 Å². The summed E-state index contributed by atoms with van der Waals surface area (Å²) >= 11 is 1.84. The Bertz CT molecular complexity index is 817. The standard InChI is InChI=1S/C22H32N4O2S/c1-6-23-22(25-16(2)12-20-11-10-17(3)29-20)24-14-18-8-7-9-19(13-18)28-15-21(27)26(4)5/h7-11,13,16H,6,12,14-15H2,1-5H3,(H2,23,24,25). The summed E-state index contributed by atoms with van der Waals surface area (Å²) < 4.78 is 5.59. The lowest BCUT2D eigenvalue weighted by Crippen LogP contribution is -2.43. The van der Waals surface area contributed by atoms with Crippen molar-refractivity contribution in [2.45, 2.75) is 39.8 Å². The zero-order valence-corrected chi connectivity index (χ0v) is 18.8. The fourth-order valence-electron chi connectivity index (χ4n) is 2.68. The molecule has 0 saturated carbocycles. The molecular formula is C22H32N4O2S. The summed E-state index contributed by atoms with van der Waals surface area (Å²) in [4.78, 5) is 20.6. The van der Waals surface area contributed by atoms with Gasteiger partial charge in [-0.25, -0.2) is 4.99 Å². The molecule has 0 spiro atoms. The number of thiophene rings is 1. The lowest BCUT2D eigenvalue weighted by molar-refractivity contribution is -0.130. The third kappa shape index (κ3) is 8.15. The molecule has 1 unspecified atom stereocenters. The second kappa shape index (κ2) is 11.5. The van der Waals surface area contributed by atoms with Crippen molar-refractivity contribution in [3.8, 4) is 5.75 Å². The highest BCUT2D eigenvalue weighted by Crippen LogP contribution is 2.17. The van der Waals surface area contributed by atoms with Crippen molar-refractivity contribution in [2.75, 3.05) is 27.2 Å². The van der Waals surface area contributed by atoms with E-state index in [1.807, 2.05) is 35.6 Å². The quantitative estimate of drug-likeness (QED) is 0.487. The van der Waals surface area contributed by atoms with Gasteiger partial charge in [0.25, 0.3) is 5.91 Å². The van der Waals surface area contributed by atoms with E-state index in [1.165, 1.54) is 14.7 Å². The highest BCUT2D eigenvalue weighted by atomic mass is 32.1. The van der Waals surface area contributed by atoms with Crippen molar-refractivity contribution in [3.63, 3.8) is 0 Å². The number of likely N-dealkylation sites (N-methyl/N-ethyl adjacent to an activating group) is 1. The van der Waals surface area contributed by atoms with Crippen LogP contribution in [0.25, 0.3) is 0 Å². The summed E-state index contributed by atoms with van der Waals surface area (Å²) in [5.41, 5.74) is 1.03. The fraction of sp³-hybridized carbons (Fsp3) is 0.455. The molecule has 2 N–H and O–H groups in total. The topological polar surface area (TPSA) is 66.0 Å². The predicted octanol–water partition coefficient (Wildman–Crippen LogP) is 3.21. The summed E-state index contributed by atoms with van der Waals surface area (Å²) in [6, 6.07) is 12.3. The Morgan fingerprint density at radius 3 is 2.72 bits per heavy atom. The molecule has 2 aromatic rings. The molecule has 0 aliphatic heterocycles. The van der Waals surface area contributed by atoms with Crippen LogP contribution < -0.4 is 15.4 Å². The molecule has 6 nitrogen and oxygen atoms in total. The van der Waals surface area contributed by atoms with Crippen LogP contribution in [-0.2, 0) is 17.8 Å². The largest absolute Gasteiger partial charge is 0.484 e. The molecule has 0 bridgehead atoms. The Labute approximate surface area is 178 Å². The van der Waals surface area contributed by atoms with E-state index in [1.54, 1.807) is 14.1 Å². The van der Waals surface area contributed by atoms with Gasteiger partial charge >= 0.3 is 0 Å². The Morgan fingerprint density at radius 1 is 1.28 bits per heavy atom. The number of nitrogens with zero attached hydrogens (tertiary/aromatic N) is 2. The maximum Gasteiger partial charge on any atom is 0.259 e. The van der Waals surface area contributed by atoms with E-state index in [-0.39, 0.29) is 18.6 Å². The van der Waals surface area contributed by atoms with Crippen LogP contribution in [-0.4, -0.2) is 50.1 Å². The van der Waals surface area contributed by atoms with E-state index < -0.39 is 0 Å². The van der Waals surface area contributed by atoms with E-state index in [0.717, 1.165) is 24.5 Å². The molecule has 158 valence electrons. The second-order valence-corrected chi connectivity index (χ2v) is 8.55. The lowest BCUT2D eigenvalue weighted by Gasteiger charge is -2.17. The van der Waals surface area contributed by atoms with Crippen LogP contribution in [0.15, 0.2) is 41.4 Å². The molecule has 0 saturated heterocycles. The number of hydrogen-bond acceptors (Lipinski definition) is 4. The molecule has 0 fully saturated rings. The highest BCUT2D eigenvalue weighted by Gasteiger charge is 2.08. The number of rotatable bonds is 9. The molecule has 0 radical (unpaired) electrons. The van der Waals surface area contributed by atoms with Gasteiger partial charge in [-0.05, 0) is 50.6 Å². The number of aliphatic imine (C=N–C) groups is 1.